The van der Waals surface area contributed by atoms with Gasteiger partial charge >= 0.3 is 0 Å². The number of benzene rings is 1. The van der Waals surface area contributed by atoms with Gasteiger partial charge in [0.05, 0.1) is 17.2 Å². The maximum Gasteiger partial charge on any atom is 0.238 e. The van der Waals surface area contributed by atoms with E-state index in [-0.39, 0.29) is 5.91 Å². The molecule has 5 nitrogen and oxygen atoms in total. The summed E-state index contributed by atoms with van der Waals surface area (Å²) in [7, 11) is 0. The second-order valence-electron chi connectivity index (χ2n) is 6.70. The molecule has 1 fully saturated rings. The van der Waals surface area contributed by atoms with Gasteiger partial charge in [-0.05, 0) is 24.5 Å². The highest BCUT2D eigenvalue weighted by Gasteiger charge is 2.20. The van der Waals surface area contributed by atoms with E-state index in [9.17, 15) is 4.79 Å². The summed E-state index contributed by atoms with van der Waals surface area (Å²) in [5.41, 5.74) is 3.29. The Morgan fingerprint density at radius 3 is 2.54 bits per heavy atom. The number of nitrogens with zero attached hydrogens (tertiary/aromatic N) is 3. The van der Waals surface area contributed by atoms with Crippen molar-refractivity contribution in [3.05, 3.63) is 45.9 Å². The highest BCUT2D eigenvalue weighted by atomic mass is 32.1. The second-order valence-corrected chi connectivity index (χ2v) is 7.64. The lowest BCUT2D eigenvalue weighted by molar-refractivity contribution is -0.117. The van der Waals surface area contributed by atoms with Crippen LogP contribution in [0.5, 0.6) is 0 Å². The Labute approximate surface area is 160 Å². The van der Waals surface area contributed by atoms with Crippen molar-refractivity contribution in [1.82, 2.24) is 14.8 Å². The maximum absolute atomic E-state index is 12.4. The molecular formula is C20H28N4OS. The van der Waals surface area contributed by atoms with Crippen LogP contribution in [0.15, 0.2) is 29.6 Å². The van der Waals surface area contributed by atoms with E-state index in [2.05, 4.69) is 45.4 Å². The maximum atomic E-state index is 12.4. The lowest BCUT2D eigenvalue weighted by atomic mass is 10.1. The number of carbonyl (C=O) groups excluding carboxylic acids is 1. The zero-order valence-corrected chi connectivity index (χ0v) is 16.5. The molecule has 0 aliphatic carbocycles. The van der Waals surface area contributed by atoms with Crippen molar-refractivity contribution in [2.75, 3.05) is 38.0 Å². The minimum Gasteiger partial charge on any atom is -0.325 e. The number of piperazine rings is 1. The Morgan fingerprint density at radius 2 is 1.85 bits per heavy atom. The van der Waals surface area contributed by atoms with Crippen LogP contribution in [0.2, 0.25) is 0 Å². The van der Waals surface area contributed by atoms with E-state index < -0.39 is 0 Å². The molecule has 140 valence electrons. The molecule has 3 rings (SSSR count). The number of thiazole rings is 1. The average molecular weight is 373 g/mol. The van der Waals surface area contributed by atoms with Crippen LogP contribution >= 0.6 is 11.3 Å². The fraction of sp³-hybridized carbons (Fsp3) is 0.500. The highest BCUT2D eigenvalue weighted by molar-refractivity contribution is 7.09. The highest BCUT2D eigenvalue weighted by Crippen LogP contribution is 2.16. The molecule has 0 atom stereocenters. The summed E-state index contributed by atoms with van der Waals surface area (Å²) < 4.78 is 0. The predicted molar refractivity (Wildman–Crippen MR) is 108 cm³/mol. The Balaban J connectivity index is 1.44. The number of hydrogen-bond donors (Lipinski definition) is 1. The summed E-state index contributed by atoms with van der Waals surface area (Å²) in [6.45, 7) is 9.45. The smallest absolute Gasteiger partial charge is 0.238 e. The molecule has 1 aliphatic heterocycles. The van der Waals surface area contributed by atoms with Crippen LogP contribution < -0.4 is 5.32 Å². The van der Waals surface area contributed by atoms with Crippen LogP contribution in [0.4, 0.5) is 5.69 Å². The molecule has 1 aromatic heterocycles. The monoisotopic (exact) mass is 372 g/mol. The molecule has 26 heavy (non-hydrogen) atoms. The first-order valence-corrected chi connectivity index (χ1v) is 10.3. The molecule has 1 amide bonds. The Bertz CT molecular complexity index is 722. The minimum absolute atomic E-state index is 0.0754. The molecule has 0 bridgehead atoms. The Morgan fingerprint density at radius 1 is 1.12 bits per heavy atom. The van der Waals surface area contributed by atoms with Crippen molar-refractivity contribution in [3.8, 4) is 0 Å². The van der Waals surface area contributed by atoms with Gasteiger partial charge in [-0.15, -0.1) is 11.3 Å². The zero-order valence-electron chi connectivity index (χ0n) is 15.7. The van der Waals surface area contributed by atoms with Gasteiger partial charge in [-0.25, -0.2) is 4.98 Å². The molecule has 2 aromatic rings. The third-order valence-electron chi connectivity index (χ3n) is 4.79. The fourth-order valence-electron chi connectivity index (χ4n) is 3.26. The van der Waals surface area contributed by atoms with Gasteiger partial charge in [-0.1, -0.05) is 32.0 Å². The van der Waals surface area contributed by atoms with Gasteiger partial charge in [-0.2, -0.15) is 0 Å². The molecular weight excluding hydrogens is 344 g/mol. The van der Waals surface area contributed by atoms with E-state index in [1.54, 1.807) is 11.3 Å². The molecule has 1 aliphatic rings. The lowest BCUT2D eigenvalue weighted by Crippen LogP contribution is -2.48. The van der Waals surface area contributed by atoms with Gasteiger partial charge in [0.1, 0.15) is 0 Å². The van der Waals surface area contributed by atoms with Crippen molar-refractivity contribution in [3.63, 3.8) is 0 Å². The number of anilines is 1. The van der Waals surface area contributed by atoms with E-state index in [1.165, 1.54) is 16.3 Å². The number of nitrogens with one attached hydrogen (secondary N) is 1. The summed E-state index contributed by atoms with van der Waals surface area (Å²) in [6, 6.07) is 8.03. The van der Waals surface area contributed by atoms with E-state index in [0.29, 0.717) is 6.54 Å². The number of aromatic nitrogens is 1. The predicted octanol–water partition coefficient (Wildman–Crippen LogP) is 3.02. The summed E-state index contributed by atoms with van der Waals surface area (Å²) >= 11 is 1.75. The molecule has 2 heterocycles. The lowest BCUT2D eigenvalue weighted by Gasteiger charge is -2.33. The fourth-order valence-corrected chi connectivity index (χ4v) is 4.00. The molecule has 0 spiro atoms. The molecule has 0 saturated carbocycles. The topological polar surface area (TPSA) is 48.5 Å². The van der Waals surface area contributed by atoms with Crippen LogP contribution in [0, 0.1) is 0 Å². The molecule has 1 N–H and O–H groups in total. The standard InChI is InChI=1S/C20H28N4OS/c1-3-16-7-5-6-8-18(16)22-19(25)14-24-11-9-23(10-12-24)13-17-15-26-20(4-2)21-17/h5-8,15H,3-4,9-14H2,1-2H3,(H,22,25). The third kappa shape index (κ3) is 5.13. The number of carbonyl (C=O) groups is 1. The number of para-hydroxylation sites is 1. The second kappa shape index (κ2) is 9.26. The van der Waals surface area contributed by atoms with Gasteiger partial charge in [0.2, 0.25) is 5.91 Å². The van der Waals surface area contributed by atoms with Crippen LogP contribution in [0.1, 0.15) is 30.1 Å². The van der Waals surface area contributed by atoms with E-state index >= 15 is 0 Å². The van der Waals surface area contributed by atoms with Crippen LogP contribution in [-0.4, -0.2) is 53.4 Å². The normalized spacial score (nSPS) is 15.9. The van der Waals surface area contributed by atoms with Crippen molar-refractivity contribution in [1.29, 1.82) is 0 Å². The van der Waals surface area contributed by atoms with Crippen molar-refractivity contribution in [2.45, 2.75) is 33.2 Å². The number of rotatable bonds is 7. The summed E-state index contributed by atoms with van der Waals surface area (Å²) in [6.07, 6.45) is 1.93. The molecule has 6 heteroatoms. The van der Waals surface area contributed by atoms with Crippen molar-refractivity contribution >= 4 is 22.9 Å². The summed E-state index contributed by atoms with van der Waals surface area (Å²) in [5, 5.41) is 6.45. The molecule has 1 saturated heterocycles. The van der Waals surface area contributed by atoms with E-state index in [0.717, 1.165) is 51.3 Å². The quantitative estimate of drug-likeness (QED) is 0.812. The Hall–Kier alpha value is -1.76. The molecule has 0 unspecified atom stereocenters. The number of amides is 1. The molecule has 1 aromatic carbocycles. The van der Waals surface area contributed by atoms with Gasteiger partial charge in [0.15, 0.2) is 0 Å². The minimum atomic E-state index is 0.0754. The summed E-state index contributed by atoms with van der Waals surface area (Å²) in [5.74, 6) is 0.0754. The van der Waals surface area contributed by atoms with Gasteiger partial charge in [0.25, 0.3) is 0 Å². The average Bonchev–Trinajstić information content (AvgIpc) is 3.11. The van der Waals surface area contributed by atoms with Crippen molar-refractivity contribution < 1.29 is 4.79 Å². The largest absolute Gasteiger partial charge is 0.325 e. The zero-order chi connectivity index (χ0) is 18.4. The van der Waals surface area contributed by atoms with E-state index in [4.69, 9.17) is 0 Å². The third-order valence-corrected chi connectivity index (χ3v) is 5.83. The van der Waals surface area contributed by atoms with E-state index in [1.807, 2.05) is 18.2 Å². The number of aryl methyl sites for hydroxylation is 2. The SMILES string of the molecule is CCc1nc(CN2CCN(CC(=O)Nc3ccccc3CC)CC2)cs1. The number of hydrogen-bond acceptors (Lipinski definition) is 5. The van der Waals surface area contributed by atoms with Crippen LogP contribution in [0.25, 0.3) is 0 Å². The van der Waals surface area contributed by atoms with Crippen LogP contribution in [-0.2, 0) is 24.2 Å². The van der Waals surface area contributed by atoms with Gasteiger partial charge < -0.3 is 5.32 Å². The Kier molecular flexibility index (Phi) is 6.77. The first kappa shape index (κ1) is 19.0. The molecule has 0 radical (unpaired) electrons. The van der Waals surface area contributed by atoms with Crippen molar-refractivity contribution in [2.24, 2.45) is 0 Å². The summed E-state index contributed by atoms with van der Waals surface area (Å²) in [4.78, 5) is 21.7. The van der Waals surface area contributed by atoms with Crippen LogP contribution in [0.3, 0.4) is 0 Å². The van der Waals surface area contributed by atoms with Gasteiger partial charge in [-0.3, -0.25) is 14.6 Å². The first-order chi connectivity index (χ1) is 12.7. The van der Waals surface area contributed by atoms with Gasteiger partial charge in [0, 0.05) is 43.8 Å². The first-order valence-electron chi connectivity index (χ1n) is 9.43.